The van der Waals surface area contributed by atoms with Crippen molar-refractivity contribution in [2.24, 2.45) is 0 Å². The average Bonchev–Trinajstić information content (AvgIpc) is 2.52. The molecule has 0 saturated heterocycles. The molecule has 1 aromatic carbocycles. The Morgan fingerprint density at radius 1 is 1.14 bits per heavy atom. The van der Waals surface area contributed by atoms with Gasteiger partial charge in [0.05, 0.1) is 11.3 Å². The maximum Gasteiger partial charge on any atom is 0.141 e. The number of hydrogen-bond acceptors (Lipinski definition) is 2. The van der Waals surface area contributed by atoms with E-state index in [0.29, 0.717) is 5.56 Å². The van der Waals surface area contributed by atoms with Crippen LogP contribution < -0.4 is 0 Å². The summed E-state index contributed by atoms with van der Waals surface area (Å²) in [5.41, 5.74) is 2.70. The molecular weight excluding hydrogens is 263 g/mol. The van der Waals surface area contributed by atoms with Crippen molar-refractivity contribution >= 4 is 0 Å². The van der Waals surface area contributed by atoms with E-state index in [4.69, 9.17) is 5.26 Å². The van der Waals surface area contributed by atoms with Crippen LogP contribution >= 0.6 is 0 Å². The van der Waals surface area contributed by atoms with Crippen molar-refractivity contribution in [3.63, 3.8) is 0 Å². The molecule has 1 heterocycles. The minimum atomic E-state index is -0.500. The van der Waals surface area contributed by atoms with Crippen molar-refractivity contribution in [1.82, 2.24) is 4.98 Å². The van der Waals surface area contributed by atoms with Gasteiger partial charge in [0.1, 0.15) is 11.9 Å². The lowest BCUT2D eigenvalue weighted by Crippen LogP contribution is -1.91. The second-order valence-corrected chi connectivity index (χ2v) is 5.17. The van der Waals surface area contributed by atoms with Crippen molar-refractivity contribution in [1.29, 1.82) is 5.26 Å². The van der Waals surface area contributed by atoms with E-state index in [1.807, 2.05) is 24.4 Å². The van der Waals surface area contributed by atoms with Gasteiger partial charge in [-0.25, -0.2) is 4.39 Å². The Bertz CT molecular complexity index is 627. The van der Waals surface area contributed by atoms with Crippen LogP contribution in [0, 0.1) is 17.1 Å². The molecule has 0 saturated carbocycles. The number of aryl methyl sites for hydroxylation is 1. The van der Waals surface area contributed by atoms with Crippen LogP contribution in [0.1, 0.15) is 43.7 Å². The Morgan fingerprint density at radius 3 is 2.62 bits per heavy atom. The summed E-state index contributed by atoms with van der Waals surface area (Å²) in [5, 5.41) is 8.73. The summed E-state index contributed by atoms with van der Waals surface area (Å²) in [5.74, 6) is -0.500. The molecule has 0 atom stereocenters. The van der Waals surface area contributed by atoms with Gasteiger partial charge in [-0.15, -0.1) is 0 Å². The van der Waals surface area contributed by atoms with Crippen molar-refractivity contribution < 1.29 is 4.39 Å². The zero-order valence-electron chi connectivity index (χ0n) is 12.3. The van der Waals surface area contributed by atoms with E-state index >= 15 is 0 Å². The Morgan fingerprint density at radius 2 is 2.00 bits per heavy atom. The lowest BCUT2D eigenvalue weighted by molar-refractivity contribution is 0.624. The average molecular weight is 282 g/mol. The molecule has 0 aliphatic heterocycles. The van der Waals surface area contributed by atoms with Crippen molar-refractivity contribution in [2.45, 2.75) is 39.0 Å². The monoisotopic (exact) mass is 282 g/mol. The molecule has 108 valence electrons. The van der Waals surface area contributed by atoms with Crippen LogP contribution in [0.3, 0.4) is 0 Å². The van der Waals surface area contributed by atoms with Gasteiger partial charge in [0, 0.05) is 11.8 Å². The number of aromatic nitrogens is 1. The molecule has 0 spiro atoms. The van der Waals surface area contributed by atoms with Gasteiger partial charge in [-0.05, 0) is 36.6 Å². The van der Waals surface area contributed by atoms with Crippen LogP contribution in [0.5, 0.6) is 0 Å². The van der Waals surface area contributed by atoms with Crippen LogP contribution in [-0.2, 0) is 6.42 Å². The Labute approximate surface area is 125 Å². The number of halogens is 1. The van der Waals surface area contributed by atoms with E-state index in [1.54, 1.807) is 6.07 Å². The Kier molecular flexibility index (Phi) is 5.45. The fourth-order valence-electron chi connectivity index (χ4n) is 2.26. The topological polar surface area (TPSA) is 36.7 Å². The highest BCUT2D eigenvalue weighted by molar-refractivity contribution is 5.60. The molecule has 0 amide bonds. The quantitative estimate of drug-likeness (QED) is 0.708. The van der Waals surface area contributed by atoms with Gasteiger partial charge in [-0.3, -0.25) is 4.98 Å². The molecule has 0 bridgehead atoms. The highest BCUT2D eigenvalue weighted by Crippen LogP contribution is 2.20. The van der Waals surface area contributed by atoms with E-state index in [0.717, 1.165) is 12.1 Å². The molecule has 0 radical (unpaired) electrons. The molecule has 2 nitrogen and oxygen atoms in total. The lowest BCUT2D eigenvalue weighted by atomic mass is 10.1. The molecule has 0 aliphatic rings. The summed E-state index contributed by atoms with van der Waals surface area (Å²) >= 11 is 0. The summed E-state index contributed by atoms with van der Waals surface area (Å²) in [6.07, 6.45) is 7.84. The first-order valence-corrected chi connectivity index (χ1v) is 7.39. The second kappa shape index (κ2) is 7.54. The fraction of sp³-hybridized carbons (Fsp3) is 0.333. The number of pyridine rings is 1. The second-order valence-electron chi connectivity index (χ2n) is 5.17. The van der Waals surface area contributed by atoms with Crippen LogP contribution in [0.2, 0.25) is 0 Å². The summed E-state index contributed by atoms with van der Waals surface area (Å²) in [6, 6.07) is 10.4. The number of rotatable bonds is 6. The van der Waals surface area contributed by atoms with E-state index in [2.05, 4.69) is 11.9 Å². The van der Waals surface area contributed by atoms with Crippen molar-refractivity contribution in [2.75, 3.05) is 0 Å². The fourth-order valence-corrected chi connectivity index (χ4v) is 2.26. The van der Waals surface area contributed by atoms with Crippen LogP contribution in [0.25, 0.3) is 11.3 Å². The zero-order chi connectivity index (χ0) is 15.1. The molecule has 0 aliphatic carbocycles. The Hall–Kier alpha value is -2.21. The number of hydrogen-bond donors (Lipinski definition) is 0. The SMILES string of the molecule is CCCCCCc1ccc(-c2ccc(C#N)c(F)c2)nc1. The minimum absolute atomic E-state index is 0.0614. The van der Waals surface area contributed by atoms with Gasteiger partial charge in [0.25, 0.3) is 0 Å². The van der Waals surface area contributed by atoms with E-state index in [-0.39, 0.29) is 5.56 Å². The molecule has 21 heavy (non-hydrogen) atoms. The normalized spacial score (nSPS) is 10.3. The smallest absolute Gasteiger partial charge is 0.141 e. The first-order valence-electron chi connectivity index (χ1n) is 7.39. The van der Waals surface area contributed by atoms with E-state index < -0.39 is 5.82 Å². The maximum absolute atomic E-state index is 13.6. The predicted octanol–water partition coefficient (Wildman–Crippen LogP) is 4.88. The third kappa shape index (κ3) is 4.13. The predicted molar refractivity (Wildman–Crippen MR) is 82.2 cm³/mol. The molecule has 1 aromatic heterocycles. The number of nitriles is 1. The molecule has 2 aromatic rings. The van der Waals surface area contributed by atoms with Crippen molar-refractivity contribution in [3.05, 3.63) is 53.5 Å². The summed E-state index contributed by atoms with van der Waals surface area (Å²) in [6.45, 7) is 2.20. The van der Waals surface area contributed by atoms with Gasteiger partial charge in [-0.2, -0.15) is 5.26 Å². The molecule has 0 unspecified atom stereocenters. The summed E-state index contributed by atoms with van der Waals surface area (Å²) < 4.78 is 13.6. The molecule has 0 N–H and O–H groups in total. The van der Waals surface area contributed by atoms with E-state index in [9.17, 15) is 4.39 Å². The van der Waals surface area contributed by atoms with Gasteiger partial charge < -0.3 is 0 Å². The van der Waals surface area contributed by atoms with Crippen LogP contribution in [0.15, 0.2) is 36.5 Å². The van der Waals surface area contributed by atoms with E-state index in [1.165, 1.54) is 43.4 Å². The summed E-state index contributed by atoms with van der Waals surface area (Å²) in [4.78, 5) is 4.39. The van der Waals surface area contributed by atoms with Gasteiger partial charge in [0.2, 0.25) is 0 Å². The highest BCUT2D eigenvalue weighted by Gasteiger charge is 2.05. The minimum Gasteiger partial charge on any atom is -0.256 e. The maximum atomic E-state index is 13.6. The molecular formula is C18H19FN2. The van der Waals surface area contributed by atoms with Crippen LogP contribution in [-0.4, -0.2) is 4.98 Å². The summed E-state index contributed by atoms with van der Waals surface area (Å²) in [7, 11) is 0. The molecule has 0 fully saturated rings. The first-order chi connectivity index (χ1) is 10.2. The third-order valence-electron chi connectivity index (χ3n) is 3.53. The van der Waals surface area contributed by atoms with Crippen molar-refractivity contribution in [3.8, 4) is 17.3 Å². The molecule has 2 rings (SSSR count). The Balaban J connectivity index is 2.05. The number of nitrogens with zero attached hydrogens (tertiary/aromatic N) is 2. The molecule has 3 heteroatoms. The number of unbranched alkanes of at least 4 members (excludes halogenated alkanes) is 3. The van der Waals surface area contributed by atoms with Crippen LogP contribution in [0.4, 0.5) is 4.39 Å². The largest absolute Gasteiger partial charge is 0.256 e. The third-order valence-corrected chi connectivity index (χ3v) is 3.53. The lowest BCUT2D eigenvalue weighted by Gasteiger charge is -2.04. The first kappa shape index (κ1) is 15.2. The van der Waals surface area contributed by atoms with Gasteiger partial charge >= 0.3 is 0 Å². The zero-order valence-corrected chi connectivity index (χ0v) is 12.3. The standard InChI is InChI=1S/C18H19FN2/c1-2-3-4-5-6-14-7-10-18(21-13-14)15-8-9-16(12-20)17(19)11-15/h7-11,13H,2-6H2,1H3. The number of benzene rings is 1. The van der Waals surface area contributed by atoms with Gasteiger partial charge in [-0.1, -0.05) is 38.3 Å². The highest BCUT2D eigenvalue weighted by atomic mass is 19.1. The van der Waals surface area contributed by atoms with Gasteiger partial charge in [0.15, 0.2) is 0 Å².